The number of Topliss-reactive ketones (excluding diaryl/α,β-unsaturated/α-hetero) is 1. The van der Waals surface area contributed by atoms with Gasteiger partial charge in [-0.3, -0.25) is 14.5 Å². The van der Waals surface area contributed by atoms with Crippen LogP contribution in [-0.4, -0.2) is 84.8 Å². The van der Waals surface area contributed by atoms with Crippen molar-refractivity contribution < 1.29 is 18.8 Å². The van der Waals surface area contributed by atoms with E-state index in [1.54, 1.807) is 11.0 Å². The first-order valence-corrected chi connectivity index (χ1v) is 14.7. The third kappa shape index (κ3) is 8.84. The van der Waals surface area contributed by atoms with Gasteiger partial charge in [-0.1, -0.05) is 39.0 Å². The smallest absolute Gasteiger partial charge is 0.319 e. The minimum Gasteiger partial charge on any atom is -0.338 e. The maximum atomic E-state index is 14.8. The molecule has 2 aliphatic rings. The monoisotopic (exact) mass is 565 g/mol. The van der Waals surface area contributed by atoms with Crippen LogP contribution in [-0.2, 0) is 6.54 Å². The lowest BCUT2D eigenvalue weighted by atomic mass is 9.87. The van der Waals surface area contributed by atoms with E-state index in [1.807, 2.05) is 24.3 Å². The summed E-state index contributed by atoms with van der Waals surface area (Å²) in [6.45, 7) is 10.9. The number of carbonyl (C=O) groups excluding carboxylic acids is 3. The summed E-state index contributed by atoms with van der Waals surface area (Å²) in [6, 6.07) is 12.0. The Morgan fingerprint density at radius 2 is 1.73 bits per heavy atom. The normalized spacial score (nSPS) is 18.4. The topological polar surface area (TPSA) is 85.0 Å². The van der Waals surface area contributed by atoms with Gasteiger partial charge in [0.1, 0.15) is 5.82 Å². The molecule has 0 aliphatic carbocycles. The van der Waals surface area contributed by atoms with Gasteiger partial charge in [-0.2, -0.15) is 0 Å². The van der Waals surface area contributed by atoms with Crippen molar-refractivity contribution in [2.75, 3.05) is 51.6 Å². The van der Waals surface area contributed by atoms with Crippen molar-refractivity contribution in [2.45, 2.75) is 59.0 Å². The second-order valence-electron chi connectivity index (χ2n) is 12.6. The molecule has 9 heteroatoms. The number of ketones is 1. The van der Waals surface area contributed by atoms with Crippen molar-refractivity contribution in [2.24, 2.45) is 5.41 Å². The number of carbonyl (C=O) groups is 3. The maximum absolute atomic E-state index is 14.8. The number of halogens is 1. The summed E-state index contributed by atoms with van der Waals surface area (Å²) in [5, 5.41) is 5.35. The van der Waals surface area contributed by atoms with E-state index in [-0.39, 0.29) is 28.4 Å². The highest BCUT2D eigenvalue weighted by Gasteiger charge is 2.24. The van der Waals surface area contributed by atoms with E-state index < -0.39 is 11.8 Å². The summed E-state index contributed by atoms with van der Waals surface area (Å²) in [6.07, 6.45) is 3.67. The van der Waals surface area contributed by atoms with Crippen molar-refractivity contribution in [1.29, 1.82) is 0 Å². The fourth-order valence-electron chi connectivity index (χ4n) is 5.59. The van der Waals surface area contributed by atoms with Gasteiger partial charge in [0, 0.05) is 62.9 Å². The Hall–Kier alpha value is -3.30. The first-order chi connectivity index (χ1) is 19.5. The van der Waals surface area contributed by atoms with Crippen LogP contribution in [0.1, 0.15) is 72.7 Å². The molecule has 3 amide bonds. The van der Waals surface area contributed by atoms with Gasteiger partial charge >= 0.3 is 6.03 Å². The van der Waals surface area contributed by atoms with Gasteiger partial charge in [-0.25, -0.2) is 9.18 Å². The predicted molar refractivity (Wildman–Crippen MR) is 160 cm³/mol. The standard InChI is InChI=1S/C32H44FN5O3/c1-32(2,3)21-29(39)24-8-5-7-23(19-24)22-37-15-17-38(18-16-37)30(40)25-10-11-28(27(33)20-25)35-31(41)34-13-12-26-9-6-14-36(26)4/h5,7-8,10-11,19-20,26H,6,9,12-18,21-22H2,1-4H3,(H2,34,35,41). The number of rotatable bonds is 9. The molecule has 2 aliphatic heterocycles. The Morgan fingerprint density at radius 1 is 0.976 bits per heavy atom. The number of anilines is 1. The van der Waals surface area contributed by atoms with Crippen molar-refractivity contribution in [3.8, 4) is 0 Å². The van der Waals surface area contributed by atoms with Crippen LogP contribution >= 0.6 is 0 Å². The van der Waals surface area contributed by atoms with Crippen LogP contribution < -0.4 is 10.6 Å². The lowest BCUT2D eigenvalue weighted by Gasteiger charge is -2.35. The molecule has 4 rings (SSSR count). The molecular formula is C32H44FN5O3. The average Bonchev–Trinajstić information content (AvgIpc) is 3.33. The number of nitrogens with zero attached hydrogens (tertiary/aromatic N) is 3. The molecule has 2 aromatic rings. The van der Waals surface area contributed by atoms with Crippen LogP contribution in [0.5, 0.6) is 0 Å². The van der Waals surface area contributed by atoms with Gasteiger partial charge < -0.3 is 20.4 Å². The van der Waals surface area contributed by atoms with E-state index >= 15 is 0 Å². The summed E-state index contributed by atoms with van der Waals surface area (Å²) in [4.78, 5) is 44.3. The van der Waals surface area contributed by atoms with Crippen LogP contribution in [0.25, 0.3) is 0 Å². The highest BCUT2D eigenvalue weighted by atomic mass is 19.1. The van der Waals surface area contributed by atoms with E-state index in [0.29, 0.717) is 51.7 Å². The molecule has 222 valence electrons. The number of amides is 3. The van der Waals surface area contributed by atoms with Crippen molar-refractivity contribution in [3.63, 3.8) is 0 Å². The molecule has 0 aromatic heterocycles. The zero-order valence-electron chi connectivity index (χ0n) is 24.8. The van der Waals surface area contributed by atoms with E-state index in [4.69, 9.17) is 0 Å². The zero-order valence-corrected chi connectivity index (χ0v) is 24.8. The van der Waals surface area contributed by atoms with Crippen LogP contribution in [0.15, 0.2) is 42.5 Å². The molecule has 2 saturated heterocycles. The molecule has 0 spiro atoms. The van der Waals surface area contributed by atoms with Crippen LogP contribution in [0.2, 0.25) is 0 Å². The van der Waals surface area contributed by atoms with Crippen LogP contribution in [0.3, 0.4) is 0 Å². The minimum atomic E-state index is -0.638. The molecule has 41 heavy (non-hydrogen) atoms. The fourth-order valence-corrected chi connectivity index (χ4v) is 5.59. The van der Waals surface area contributed by atoms with E-state index in [9.17, 15) is 18.8 Å². The van der Waals surface area contributed by atoms with Gasteiger partial charge in [0.25, 0.3) is 5.91 Å². The Morgan fingerprint density at radius 3 is 2.39 bits per heavy atom. The number of piperazine rings is 1. The predicted octanol–water partition coefficient (Wildman–Crippen LogP) is 5.01. The van der Waals surface area contributed by atoms with Gasteiger partial charge in [0.05, 0.1) is 5.69 Å². The largest absolute Gasteiger partial charge is 0.338 e. The lowest BCUT2D eigenvalue weighted by molar-refractivity contribution is 0.0627. The van der Waals surface area contributed by atoms with Gasteiger partial charge in [0.2, 0.25) is 0 Å². The molecule has 0 bridgehead atoms. The highest BCUT2D eigenvalue weighted by Crippen LogP contribution is 2.23. The summed E-state index contributed by atoms with van der Waals surface area (Å²) in [5.41, 5.74) is 2.06. The van der Waals surface area contributed by atoms with Crippen molar-refractivity contribution >= 4 is 23.4 Å². The molecule has 8 nitrogen and oxygen atoms in total. The summed E-state index contributed by atoms with van der Waals surface area (Å²) in [7, 11) is 2.09. The van der Waals surface area contributed by atoms with Crippen molar-refractivity contribution in [1.82, 2.24) is 20.0 Å². The van der Waals surface area contributed by atoms with Gasteiger partial charge in [0.15, 0.2) is 5.78 Å². The number of urea groups is 1. The molecule has 2 heterocycles. The number of benzene rings is 2. The Balaban J connectivity index is 1.24. The van der Waals surface area contributed by atoms with Gasteiger partial charge in [-0.05, 0) is 68.1 Å². The van der Waals surface area contributed by atoms with Crippen molar-refractivity contribution in [3.05, 3.63) is 65.0 Å². The number of nitrogens with one attached hydrogen (secondary N) is 2. The molecular weight excluding hydrogens is 521 g/mol. The molecule has 2 N–H and O–H groups in total. The quantitative estimate of drug-likeness (QED) is 0.418. The van der Waals surface area contributed by atoms with E-state index in [1.165, 1.54) is 18.6 Å². The number of hydrogen-bond donors (Lipinski definition) is 2. The van der Waals surface area contributed by atoms with Crippen LogP contribution in [0, 0.1) is 11.2 Å². The molecule has 0 saturated carbocycles. The number of likely N-dealkylation sites (tertiary alicyclic amines) is 1. The Labute approximate surface area is 243 Å². The Bertz CT molecular complexity index is 1240. The van der Waals surface area contributed by atoms with E-state index in [0.717, 1.165) is 30.5 Å². The molecule has 0 radical (unpaired) electrons. The highest BCUT2D eigenvalue weighted by molar-refractivity contribution is 5.97. The molecule has 1 unspecified atom stereocenters. The summed E-state index contributed by atoms with van der Waals surface area (Å²) >= 11 is 0. The Kier molecular flexibility index (Phi) is 10.1. The lowest BCUT2D eigenvalue weighted by Crippen LogP contribution is -2.48. The first-order valence-electron chi connectivity index (χ1n) is 14.7. The fraction of sp³-hybridized carbons (Fsp3) is 0.531. The molecule has 2 aromatic carbocycles. The maximum Gasteiger partial charge on any atom is 0.319 e. The van der Waals surface area contributed by atoms with Gasteiger partial charge in [-0.15, -0.1) is 0 Å². The third-order valence-electron chi connectivity index (χ3n) is 7.90. The zero-order chi connectivity index (χ0) is 29.6. The second kappa shape index (κ2) is 13.6. The summed E-state index contributed by atoms with van der Waals surface area (Å²) in [5.74, 6) is -0.716. The molecule has 1 atom stereocenters. The first kappa shape index (κ1) is 30.7. The minimum absolute atomic E-state index is 0.0464. The summed E-state index contributed by atoms with van der Waals surface area (Å²) < 4.78 is 14.8. The van der Waals surface area contributed by atoms with Crippen LogP contribution in [0.4, 0.5) is 14.9 Å². The average molecular weight is 566 g/mol. The molecule has 2 fully saturated rings. The third-order valence-corrected chi connectivity index (χ3v) is 7.90. The second-order valence-corrected chi connectivity index (χ2v) is 12.6. The van der Waals surface area contributed by atoms with E-state index in [2.05, 4.69) is 48.3 Å². The SMILES string of the molecule is CN1CCCC1CCNC(=O)Nc1ccc(C(=O)N2CCN(Cc3cccc(C(=O)CC(C)(C)C)c3)CC2)cc1F. The number of hydrogen-bond acceptors (Lipinski definition) is 5.